The van der Waals surface area contributed by atoms with E-state index < -0.39 is 97.5 Å². The number of carbonyl (C=O) groups is 4. The smallest absolute Gasteiger partial charge is 0.462 e. The highest BCUT2D eigenvalue weighted by Gasteiger charge is 2.30. The Morgan fingerprint density at radius 1 is 0.269 bits per heavy atom. The molecule has 0 aliphatic rings. The van der Waals surface area contributed by atoms with Crippen molar-refractivity contribution < 1.29 is 80.2 Å². The molecule has 5 atom stereocenters. The molecule has 5 unspecified atom stereocenters. The van der Waals surface area contributed by atoms with Gasteiger partial charge in [0.25, 0.3) is 0 Å². The first-order valence-corrected chi connectivity index (χ1v) is 44.8. The lowest BCUT2D eigenvalue weighted by Gasteiger charge is -2.21. The third-order valence-electron chi connectivity index (χ3n) is 17.8. The Balaban J connectivity index is 5.37. The molecule has 0 amide bonds. The van der Waals surface area contributed by atoms with E-state index in [0.717, 1.165) is 180 Å². The minimum Gasteiger partial charge on any atom is -0.462 e. The summed E-state index contributed by atoms with van der Waals surface area (Å²) >= 11 is 0. The van der Waals surface area contributed by atoms with Crippen molar-refractivity contribution >= 4 is 39.5 Å². The molecule has 104 heavy (non-hydrogen) atoms. The number of hydrogen-bond donors (Lipinski definition) is 3. The first-order valence-electron chi connectivity index (χ1n) is 41.8. The normalized spacial score (nSPS) is 14.3. The van der Waals surface area contributed by atoms with Gasteiger partial charge in [0.05, 0.1) is 26.4 Å². The van der Waals surface area contributed by atoms with E-state index in [-0.39, 0.29) is 25.7 Å². The summed E-state index contributed by atoms with van der Waals surface area (Å²) < 4.78 is 68.7. The minimum absolute atomic E-state index is 0.0834. The van der Waals surface area contributed by atoms with Crippen LogP contribution in [0, 0.1) is 0 Å². The summed E-state index contributed by atoms with van der Waals surface area (Å²) in [6, 6.07) is 0. The number of hydrogen-bond acceptors (Lipinski definition) is 15. The lowest BCUT2D eigenvalue weighted by Crippen LogP contribution is -2.30. The minimum atomic E-state index is -4.98. The fraction of sp³-hybridized carbons (Fsp3) is 0.788. The van der Waals surface area contributed by atoms with Crippen LogP contribution in [0.2, 0.25) is 0 Å². The third kappa shape index (κ3) is 76.4. The zero-order valence-corrected chi connectivity index (χ0v) is 68.0. The van der Waals surface area contributed by atoms with Gasteiger partial charge in [0.2, 0.25) is 0 Å². The van der Waals surface area contributed by atoms with Crippen molar-refractivity contribution in [3.63, 3.8) is 0 Å². The zero-order chi connectivity index (χ0) is 76.0. The Morgan fingerprint density at radius 2 is 0.471 bits per heavy atom. The Hall–Kier alpha value is -3.76. The Labute approximate surface area is 634 Å². The molecule has 0 aromatic rings. The second kappa shape index (κ2) is 77.4. The predicted molar refractivity (Wildman–Crippen MR) is 427 cm³/mol. The molecule has 604 valence electrons. The molecule has 0 radical (unpaired) electrons. The predicted octanol–water partition coefficient (Wildman–Crippen LogP) is 24.6. The fourth-order valence-corrected chi connectivity index (χ4v) is 12.9. The van der Waals surface area contributed by atoms with E-state index in [1.54, 1.807) is 0 Å². The lowest BCUT2D eigenvalue weighted by atomic mass is 10.1. The van der Waals surface area contributed by atoms with Crippen LogP contribution >= 0.6 is 15.6 Å². The molecule has 19 heteroatoms. The third-order valence-corrected chi connectivity index (χ3v) is 19.7. The van der Waals surface area contributed by atoms with Crippen LogP contribution < -0.4 is 0 Å². The topological polar surface area (TPSA) is 237 Å². The molecular weight excluding hydrogens is 1350 g/mol. The van der Waals surface area contributed by atoms with Gasteiger partial charge in [-0.25, -0.2) is 9.13 Å². The molecule has 0 aliphatic heterocycles. The number of aliphatic hydroxyl groups excluding tert-OH is 1. The highest BCUT2D eigenvalue weighted by atomic mass is 31.2. The van der Waals surface area contributed by atoms with Gasteiger partial charge >= 0.3 is 39.5 Å². The van der Waals surface area contributed by atoms with E-state index in [9.17, 15) is 43.2 Å². The molecule has 0 rings (SSSR count). The van der Waals surface area contributed by atoms with Crippen molar-refractivity contribution in [2.24, 2.45) is 0 Å². The number of ether oxygens (including phenoxy) is 4. The van der Waals surface area contributed by atoms with Gasteiger partial charge in [-0.3, -0.25) is 37.3 Å². The number of phosphoric acid groups is 2. The molecule has 3 N–H and O–H groups in total. The monoisotopic (exact) mass is 1510 g/mol. The number of esters is 4. The molecular formula is C85H152O17P2. The summed E-state index contributed by atoms with van der Waals surface area (Å²) in [4.78, 5) is 73.1. The van der Waals surface area contributed by atoms with Gasteiger partial charge in [0.15, 0.2) is 12.2 Å². The quantitative estimate of drug-likeness (QED) is 0.0169. The highest BCUT2D eigenvalue weighted by Crippen LogP contribution is 2.45. The van der Waals surface area contributed by atoms with E-state index in [2.05, 4.69) is 113 Å². The summed E-state index contributed by atoms with van der Waals surface area (Å²) in [6.07, 6.45) is 81.1. The number of allylic oxidation sites excluding steroid dienone is 14. The van der Waals surface area contributed by atoms with Gasteiger partial charge in [0.1, 0.15) is 19.3 Å². The largest absolute Gasteiger partial charge is 0.472 e. The number of carbonyl (C=O) groups excluding carboxylic acids is 4. The van der Waals surface area contributed by atoms with Crippen LogP contribution in [-0.4, -0.2) is 96.7 Å². The van der Waals surface area contributed by atoms with Crippen LogP contribution in [-0.2, 0) is 65.4 Å². The van der Waals surface area contributed by atoms with Crippen LogP contribution in [0.25, 0.3) is 0 Å². The number of unbranched alkanes of at least 4 members (excludes halogenated alkanes) is 39. The zero-order valence-electron chi connectivity index (χ0n) is 66.2. The average Bonchev–Trinajstić information content (AvgIpc) is 0.918. The van der Waals surface area contributed by atoms with Gasteiger partial charge in [-0.1, -0.05) is 286 Å². The summed E-state index contributed by atoms with van der Waals surface area (Å²) in [5, 5.41) is 10.7. The van der Waals surface area contributed by atoms with Crippen molar-refractivity contribution in [1.82, 2.24) is 0 Å². The van der Waals surface area contributed by atoms with Crippen molar-refractivity contribution in [1.29, 1.82) is 0 Å². The van der Waals surface area contributed by atoms with Crippen LogP contribution in [0.3, 0.4) is 0 Å². The maximum absolute atomic E-state index is 13.1. The Bertz CT molecular complexity index is 2300. The van der Waals surface area contributed by atoms with Gasteiger partial charge in [-0.2, -0.15) is 0 Å². The molecule has 17 nitrogen and oxygen atoms in total. The second-order valence-electron chi connectivity index (χ2n) is 28.1. The van der Waals surface area contributed by atoms with E-state index in [0.29, 0.717) is 25.7 Å². The first-order chi connectivity index (χ1) is 50.7. The molecule has 0 saturated carbocycles. The fourth-order valence-electron chi connectivity index (χ4n) is 11.4. The molecule has 0 saturated heterocycles. The van der Waals surface area contributed by atoms with Crippen molar-refractivity contribution in [2.75, 3.05) is 39.6 Å². The molecule has 0 bridgehead atoms. The van der Waals surface area contributed by atoms with Crippen molar-refractivity contribution in [3.05, 3.63) is 85.1 Å². The van der Waals surface area contributed by atoms with E-state index in [1.165, 1.54) is 116 Å². The summed E-state index contributed by atoms with van der Waals surface area (Å²) in [7, 11) is -9.96. The number of aliphatic hydroxyl groups is 1. The van der Waals surface area contributed by atoms with E-state index in [1.807, 2.05) is 0 Å². The Morgan fingerprint density at radius 3 is 0.750 bits per heavy atom. The Kier molecular flexibility index (Phi) is 74.6. The van der Waals surface area contributed by atoms with Gasteiger partial charge < -0.3 is 33.8 Å². The van der Waals surface area contributed by atoms with E-state index >= 15 is 0 Å². The lowest BCUT2D eigenvalue weighted by molar-refractivity contribution is -0.161. The summed E-state index contributed by atoms with van der Waals surface area (Å²) in [5.74, 6) is -2.20. The first kappa shape index (κ1) is 100. The molecule has 0 aliphatic carbocycles. The molecule has 0 heterocycles. The average molecular weight is 1510 g/mol. The summed E-state index contributed by atoms with van der Waals surface area (Å²) in [6.45, 7) is 4.83. The number of phosphoric ester groups is 2. The maximum atomic E-state index is 13.1. The van der Waals surface area contributed by atoms with Crippen LogP contribution in [0.5, 0.6) is 0 Å². The summed E-state index contributed by atoms with van der Waals surface area (Å²) in [5.41, 5.74) is 0. The standard InChI is InChI=1S/C85H152O17P2/c1-5-9-13-17-21-25-29-33-37-38-39-40-44-46-50-54-58-62-66-70-83(88)96-76-81(102-85(90)72-68-64-60-56-52-48-43-36-32-28-24-20-16-12-8-4)78-100-104(93,94)98-74-79(86)73-97-103(91,92)99-77-80(101-84(89)71-67-63-59-55-51-47-42-35-31-27-23-19-15-11-7-3)75-95-82(87)69-65-61-57-53-49-45-41-34-30-26-22-18-14-10-6-2/h21-22,25-26,33-37,39-43,79-81,86H,5-20,23-24,27-32,38,44-78H2,1-4H3,(H,91,92)(H,93,94)/b25-21-,26-22-,37-33-,40-39-,41-34-,42-35-,43-36-. The number of rotatable bonds is 79. The van der Waals surface area contributed by atoms with Gasteiger partial charge in [-0.15, -0.1) is 0 Å². The van der Waals surface area contributed by atoms with Crippen LogP contribution in [0.15, 0.2) is 85.1 Å². The maximum Gasteiger partial charge on any atom is 0.472 e. The van der Waals surface area contributed by atoms with Crippen LogP contribution in [0.1, 0.15) is 374 Å². The molecule has 0 aromatic carbocycles. The molecule has 0 fully saturated rings. The highest BCUT2D eigenvalue weighted by molar-refractivity contribution is 7.47. The van der Waals surface area contributed by atoms with E-state index in [4.69, 9.17) is 37.0 Å². The van der Waals surface area contributed by atoms with Crippen LogP contribution in [0.4, 0.5) is 0 Å². The van der Waals surface area contributed by atoms with Crippen molar-refractivity contribution in [2.45, 2.75) is 393 Å². The SMILES string of the molecule is CCCCC/C=C\C/C=C\C/C=C\CCCCCCCCC(=O)OCC(COP(=O)(O)OCC(O)COP(=O)(O)OCC(COC(=O)CCCCCCC/C=C\C/C=C\CCCCC)OC(=O)CCCCCCC/C=C\CCCCCCCC)OC(=O)CCCCCCC/C=C\CCCCCCCC. The second-order valence-corrected chi connectivity index (χ2v) is 31.0. The molecule has 0 spiro atoms. The molecule has 0 aromatic heterocycles. The van der Waals surface area contributed by atoms with Gasteiger partial charge in [0, 0.05) is 25.7 Å². The van der Waals surface area contributed by atoms with Gasteiger partial charge in [-0.05, 0) is 148 Å². The van der Waals surface area contributed by atoms with Crippen molar-refractivity contribution in [3.8, 4) is 0 Å².